The number of anilines is 1. The van der Waals surface area contributed by atoms with Gasteiger partial charge in [-0.3, -0.25) is 4.90 Å². The number of hydrogen-bond acceptors (Lipinski definition) is 5. The Kier molecular flexibility index (Phi) is 7.36. The maximum absolute atomic E-state index is 12.5. The summed E-state index contributed by atoms with van der Waals surface area (Å²) in [7, 11) is 0. The molecule has 32 heavy (non-hydrogen) atoms. The summed E-state index contributed by atoms with van der Waals surface area (Å²) in [5, 5.41) is 0.994. The summed E-state index contributed by atoms with van der Waals surface area (Å²) in [6, 6.07) is 17.6. The predicted molar refractivity (Wildman–Crippen MR) is 128 cm³/mol. The average Bonchev–Trinajstić information content (AvgIpc) is 2.73. The fourth-order valence-electron chi connectivity index (χ4n) is 3.34. The number of rotatable bonds is 7. The van der Waals surface area contributed by atoms with E-state index in [1.54, 1.807) is 4.90 Å². The summed E-state index contributed by atoms with van der Waals surface area (Å²) in [5.74, 6) is 0.749. The number of nitrogens with zero attached hydrogens (tertiary/aromatic N) is 2. The molecule has 1 atom stereocenters. The Morgan fingerprint density at radius 3 is 2.38 bits per heavy atom. The number of ether oxygens (including phenoxy) is 3. The molecule has 170 valence electrons. The lowest BCUT2D eigenvalue weighted by atomic mass is 10.1. The van der Waals surface area contributed by atoms with Gasteiger partial charge in [0.05, 0.1) is 11.2 Å². The third kappa shape index (κ3) is 5.98. The predicted octanol–water partition coefficient (Wildman–Crippen LogP) is 6.42. The lowest BCUT2D eigenvalue weighted by molar-refractivity contribution is -0.0612. The fraction of sp³-hybridized carbons (Fsp3) is 0.385. The van der Waals surface area contributed by atoms with E-state index in [1.807, 2.05) is 96.1 Å². The lowest BCUT2D eigenvalue weighted by Gasteiger charge is -2.26. The van der Waals surface area contributed by atoms with Crippen LogP contribution >= 0.6 is 0 Å². The molecule has 0 radical (unpaired) electrons. The van der Waals surface area contributed by atoms with Crippen molar-refractivity contribution in [3.8, 4) is 17.0 Å². The molecule has 3 aromatic rings. The molecule has 1 heterocycles. The molecule has 0 spiro atoms. The van der Waals surface area contributed by atoms with E-state index >= 15 is 0 Å². The van der Waals surface area contributed by atoms with Gasteiger partial charge in [-0.1, -0.05) is 18.2 Å². The second-order valence-corrected chi connectivity index (χ2v) is 8.46. The van der Waals surface area contributed by atoms with Gasteiger partial charge in [-0.25, -0.2) is 9.78 Å². The normalized spacial score (nSPS) is 12.4. The van der Waals surface area contributed by atoms with Crippen LogP contribution in [0.4, 0.5) is 10.5 Å². The van der Waals surface area contributed by atoms with Crippen LogP contribution in [0.3, 0.4) is 0 Å². The maximum Gasteiger partial charge on any atom is 0.414 e. The van der Waals surface area contributed by atoms with E-state index < -0.39 is 5.60 Å². The second-order valence-electron chi connectivity index (χ2n) is 8.46. The number of pyridine rings is 1. The van der Waals surface area contributed by atoms with Gasteiger partial charge in [-0.2, -0.15) is 0 Å². The second kappa shape index (κ2) is 10.0. The highest BCUT2D eigenvalue weighted by Crippen LogP contribution is 2.27. The van der Waals surface area contributed by atoms with Crippen LogP contribution in [0.5, 0.6) is 5.75 Å². The molecule has 0 bridgehead atoms. The summed E-state index contributed by atoms with van der Waals surface area (Å²) in [6.45, 7) is 12.5. The number of hydrogen-bond donors (Lipinski definition) is 0. The van der Waals surface area contributed by atoms with Gasteiger partial charge in [0.2, 0.25) is 0 Å². The maximum atomic E-state index is 12.5. The zero-order valence-corrected chi connectivity index (χ0v) is 19.7. The highest BCUT2D eigenvalue weighted by Gasteiger charge is 2.22. The van der Waals surface area contributed by atoms with E-state index in [1.165, 1.54) is 0 Å². The molecular formula is C26H32N2O4. The van der Waals surface area contributed by atoms with Crippen molar-refractivity contribution in [1.82, 2.24) is 4.98 Å². The Balaban J connectivity index is 1.79. The fourth-order valence-corrected chi connectivity index (χ4v) is 3.34. The van der Waals surface area contributed by atoms with Gasteiger partial charge in [0.1, 0.15) is 11.4 Å². The Hall–Kier alpha value is -3.12. The van der Waals surface area contributed by atoms with Crippen LogP contribution in [0, 0.1) is 0 Å². The van der Waals surface area contributed by atoms with Crippen LogP contribution in [0.15, 0.2) is 54.6 Å². The Labute approximate surface area is 190 Å². The minimum absolute atomic E-state index is 0.299. The number of fused-ring (bicyclic) bond motifs is 1. The number of benzene rings is 2. The standard InChI is InChI=1S/C26H32N2O4/c1-7-28(25(29)32-26(4,5)6)21-12-9-19(10-13-21)23-15-11-20-17-22(14-16-24(20)27-23)31-18(3)30-8-2/h9-18H,7-8H2,1-6H3. The summed E-state index contributed by atoms with van der Waals surface area (Å²) in [6.07, 6.45) is -0.653. The molecule has 3 rings (SSSR count). The molecule has 1 unspecified atom stereocenters. The third-order valence-corrected chi connectivity index (χ3v) is 4.77. The van der Waals surface area contributed by atoms with Crippen molar-refractivity contribution in [3.63, 3.8) is 0 Å². The van der Waals surface area contributed by atoms with Crippen molar-refractivity contribution >= 4 is 22.7 Å². The first kappa shape index (κ1) is 23.5. The largest absolute Gasteiger partial charge is 0.465 e. The van der Waals surface area contributed by atoms with E-state index in [0.29, 0.717) is 13.2 Å². The van der Waals surface area contributed by atoms with Crippen LogP contribution in [0.25, 0.3) is 22.2 Å². The van der Waals surface area contributed by atoms with Crippen LogP contribution in [-0.2, 0) is 9.47 Å². The van der Waals surface area contributed by atoms with Crippen molar-refractivity contribution in [1.29, 1.82) is 0 Å². The third-order valence-electron chi connectivity index (χ3n) is 4.77. The van der Waals surface area contributed by atoms with Gasteiger partial charge in [0.25, 0.3) is 0 Å². The van der Waals surface area contributed by atoms with Crippen molar-refractivity contribution in [3.05, 3.63) is 54.6 Å². The number of amides is 1. The number of carbonyl (C=O) groups excluding carboxylic acids is 1. The SMILES string of the molecule is CCOC(C)Oc1ccc2nc(-c3ccc(N(CC)C(=O)OC(C)(C)C)cc3)ccc2c1. The van der Waals surface area contributed by atoms with Gasteiger partial charge in [-0.15, -0.1) is 0 Å². The van der Waals surface area contributed by atoms with Crippen LogP contribution in [0.1, 0.15) is 41.5 Å². The Morgan fingerprint density at radius 2 is 1.75 bits per heavy atom. The zero-order valence-electron chi connectivity index (χ0n) is 19.7. The first-order valence-corrected chi connectivity index (χ1v) is 11.0. The molecule has 2 aromatic carbocycles. The average molecular weight is 437 g/mol. The van der Waals surface area contributed by atoms with E-state index in [0.717, 1.165) is 33.6 Å². The summed E-state index contributed by atoms with van der Waals surface area (Å²) < 4.78 is 16.7. The molecule has 1 aromatic heterocycles. The first-order valence-electron chi connectivity index (χ1n) is 11.0. The van der Waals surface area contributed by atoms with Crippen LogP contribution in [-0.4, -0.2) is 36.1 Å². The van der Waals surface area contributed by atoms with Gasteiger partial charge in [-0.05, 0) is 77.9 Å². The monoisotopic (exact) mass is 436 g/mol. The molecule has 1 amide bonds. The van der Waals surface area contributed by atoms with E-state index in [-0.39, 0.29) is 12.4 Å². The highest BCUT2D eigenvalue weighted by atomic mass is 16.7. The molecule has 0 saturated heterocycles. The molecule has 0 saturated carbocycles. The van der Waals surface area contributed by atoms with Gasteiger partial charge >= 0.3 is 6.09 Å². The smallest absolute Gasteiger partial charge is 0.414 e. The van der Waals surface area contributed by atoms with Crippen molar-refractivity contribution in [2.24, 2.45) is 0 Å². The van der Waals surface area contributed by atoms with Crippen molar-refractivity contribution in [2.45, 2.75) is 53.4 Å². The van der Waals surface area contributed by atoms with E-state index in [4.69, 9.17) is 19.2 Å². The molecule has 0 fully saturated rings. The van der Waals surface area contributed by atoms with E-state index in [9.17, 15) is 4.79 Å². The number of aromatic nitrogens is 1. The lowest BCUT2D eigenvalue weighted by Crippen LogP contribution is -2.36. The summed E-state index contributed by atoms with van der Waals surface area (Å²) in [5.41, 5.74) is 2.97. The van der Waals surface area contributed by atoms with Crippen LogP contribution in [0.2, 0.25) is 0 Å². The van der Waals surface area contributed by atoms with E-state index in [2.05, 4.69) is 0 Å². The molecule has 0 aliphatic rings. The Morgan fingerprint density at radius 1 is 1.03 bits per heavy atom. The van der Waals surface area contributed by atoms with Crippen molar-refractivity contribution in [2.75, 3.05) is 18.1 Å². The Bertz CT molecular complexity index is 1060. The molecule has 6 nitrogen and oxygen atoms in total. The molecule has 6 heteroatoms. The van der Waals surface area contributed by atoms with Gasteiger partial charge in [0, 0.05) is 29.8 Å². The van der Waals surface area contributed by atoms with Crippen molar-refractivity contribution < 1.29 is 19.0 Å². The van der Waals surface area contributed by atoms with Crippen LogP contribution < -0.4 is 9.64 Å². The highest BCUT2D eigenvalue weighted by molar-refractivity contribution is 5.88. The quantitative estimate of drug-likeness (QED) is 0.400. The minimum Gasteiger partial charge on any atom is -0.465 e. The zero-order chi connectivity index (χ0) is 23.3. The van der Waals surface area contributed by atoms with Gasteiger partial charge in [0.15, 0.2) is 6.29 Å². The molecule has 0 N–H and O–H groups in total. The molecule has 0 aliphatic carbocycles. The topological polar surface area (TPSA) is 60.9 Å². The minimum atomic E-state index is -0.536. The summed E-state index contributed by atoms with van der Waals surface area (Å²) in [4.78, 5) is 18.9. The van der Waals surface area contributed by atoms with Gasteiger partial charge < -0.3 is 14.2 Å². The summed E-state index contributed by atoms with van der Waals surface area (Å²) >= 11 is 0. The molecular weight excluding hydrogens is 404 g/mol. The first-order chi connectivity index (χ1) is 15.2. The molecule has 0 aliphatic heterocycles. The number of carbonyl (C=O) groups is 1.